The highest BCUT2D eigenvalue weighted by Gasteiger charge is 2.54. The lowest BCUT2D eigenvalue weighted by Crippen LogP contribution is -2.38. The van der Waals surface area contributed by atoms with Gasteiger partial charge >= 0.3 is 6.18 Å². The van der Waals surface area contributed by atoms with Crippen LogP contribution >= 0.6 is 0 Å². The minimum atomic E-state index is -4.43. The molecule has 2 aromatic rings. The number of nitrogens with zero attached hydrogens (tertiary/aromatic N) is 1. The maximum absolute atomic E-state index is 13.3. The normalized spacial score (nSPS) is 28.8. The van der Waals surface area contributed by atoms with Crippen LogP contribution in [0.15, 0.2) is 24.3 Å². The van der Waals surface area contributed by atoms with Gasteiger partial charge < -0.3 is 24.4 Å². The molecule has 206 valence electrons. The Balaban J connectivity index is 1.60. The van der Waals surface area contributed by atoms with E-state index in [0.29, 0.717) is 62.5 Å². The van der Waals surface area contributed by atoms with Gasteiger partial charge in [-0.25, -0.2) is 0 Å². The molecule has 0 bridgehead atoms. The molecular formula is C29H34F3NO5. The van der Waals surface area contributed by atoms with E-state index in [1.807, 2.05) is 13.8 Å². The summed E-state index contributed by atoms with van der Waals surface area (Å²) in [7, 11) is 0. The van der Waals surface area contributed by atoms with E-state index in [0.717, 1.165) is 41.8 Å². The van der Waals surface area contributed by atoms with Crippen molar-refractivity contribution in [1.29, 1.82) is 0 Å². The summed E-state index contributed by atoms with van der Waals surface area (Å²) >= 11 is 0. The number of pyridine rings is 1. The summed E-state index contributed by atoms with van der Waals surface area (Å²) in [4.78, 5) is 5.09. The third-order valence-electron chi connectivity index (χ3n) is 8.89. The van der Waals surface area contributed by atoms with Gasteiger partial charge in [-0.15, -0.1) is 0 Å². The van der Waals surface area contributed by atoms with E-state index in [-0.39, 0.29) is 5.92 Å². The number of halogens is 3. The predicted octanol–water partition coefficient (Wildman–Crippen LogP) is 5.62. The summed E-state index contributed by atoms with van der Waals surface area (Å²) in [6.45, 7) is 5.95. The van der Waals surface area contributed by atoms with Crippen molar-refractivity contribution < 1.29 is 37.6 Å². The number of alkyl halides is 3. The van der Waals surface area contributed by atoms with E-state index >= 15 is 0 Å². The molecule has 4 heterocycles. The highest BCUT2D eigenvalue weighted by Crippen LogP contribution is 2.59. The fourth-order valence-electron chi connectivity index (χ4n) is 6.81. The van der Waals surface area contributed by atoms with E-state index in [9.17, 15) is 23.4 Å². The van der Waals surface area contributed by atoms with E-state index in [2.05, 4.69) is 0 Å². The van der Waals surface area contributed by atoms with Gasteiger partial charge in [0, 0.05) is 56.3 Å². The first-order valence-electron chi connectivity index (χ1n) is 13.5. The van der Waals surface area contributed by atoms with Crippen molar-refractivity contribution in [1.82, 2.24) is 4.98 Å². The third-order valence-corrected chi connectivity index (χ3v) is 8.89. The highest BCUT2D eigenvalue weighted by molar-refractivity contribution is 5.55. The number of aromatic nitrogens is 1. The van der Waals surface area contributed by atoms with Crippen molar-refractivity contribution in [3.63, 3.8) is 0 Å². The zero-order valence-corrected chi connectivity index (χ0v) is 21.7. The number of aliphatic hydroxyl groups is 2. The van der Waals surface area contributed by atoms with Crippen molar-refractivity contribution in [2.75, 3.05) is 26.4 Å². The lowest BCUT2D eigenvalue weighted by Gasteiger charge is -2.42. The molecule has 0 radical (unpaired) electrons. The monoisotopic (exact) mass is 533 g/mol. The highest BCUT2D eigenvalue weighted by atomic mass is 19.4. The van der Waals surface area contributed by atoms with Crippen LogP contribution in [0.2, 0.25) is 0 Å². The van der Waals surface area contributed by atoms with Gasteiger partial charge in [-0.05, 0) is 47.9 Å². The van der Waals surface area contributed by atoms with Crippen LogP contribution in [-0.2, 0) is 26.0 Å². The van der Waals surface area contributed by atoms with Crippen LogP contribution in [-0.4, -0.2) is 41.6 Å². The van der Waals surface area contributed by atoms with Gasteiger partial charge in [-0.2, -0.15) is 13.2 Å². The Morgan fingerprint density at radius 3 is 2.16 bits per heavy atom. The fraction of sp³-hybridized carbons (Fsp3) is 0.621. The second-order valence-electron chi connectivity index (χ2n) is 11.8. The molecule has 0 saturated carbocycles. The van der Waals surface area contributed by atoms with Crippen molar-refractivity contribution in [2.24, 2.45) is 5.41 Å². The summed E-state index contributed by atoms with van der Waals surface area (Å²) in [5.74, 6) is 0.0488. The van der Waals surface area contributed by atoms with Gasteiger partial charge in [0.1, 0.15) is 12.2 Å². The molecule has 38 heavy (non-hydrogen) atoms. The van der Waals surface area contributed by atoms with E-state index in [4.69, 9.17) is 19.2 Å². The topological polar surface area (TPSA) is 81.0 Å². The van der Waals surface area contributed by atoms with Gasteiger partial charge in [0.05, 0.1) is 28.7 Å². The van der Waals surface area contributed by atoms with Crippen molar-refractivity contribution in [2.45, 2.75) is 82.0 Å². The molecule has 1 unspecified atom stereocenters. The maximum atomic E-state index is 13.3. The predicted molar refractivity (Wildman–Crippen MR) is 131 cm³/mol. The van der Waals surface area contributed by atoms with E-state index in [1.54, 1.807) is 0 Å². The van der Waals surface area contributed by atoms with Gasteiger partial charge in [0.25, 0.3) is 0 Å². The molecule has 1 aliphatic carbocycles. The third kappa shape index (κ3) is 4.18. The molecule has 2 saturated heterocycles. The maximum Gasteiger partial charge on any atom is 0.416 e. The summed E-state index contributed by atoms with van der Waals surface area (Å²) in [6.07, 6.45) is -3.83. The van der Waals surface area contributed by atoms with E-state index in [1.165, 1.54) is 12.1 Å². The lowest BCUT2D eigenvalue weighted by molar-refractivity contribution is -0.137. The first kappa shape index (κ1) is 26.2. The number of hydrogen-bond donors (Lipinski definition) is 2. The molecule has 2 fully saturated rings. The largest absolute Gasteiger partial charge is 0.416 e. The van der Waals surface area contributed by atoms with Crippen LogP contribution in [0.1, 0.15) is 109 Å². The first-order valence-corrected chi connectivity index (χ1v) is 13.5. The minimum Gasteiger partial charge on any atom is -0.388 e. The van der Waals surface area contributed by atoms with Gasteiger partial charge in [0.15, 0.2) is 0 Å². The standard InChI is InChI=1S/C29H34F3NO5/c1-27(2)15-19(34)20-22-21(23(33-24(20)26(27)35)16-7-11-36-12-8-16)25(38-28(22)9-13-37-14-10-28)17-3-5-18(6-4-17)29(30,31)32/h3-6,16,19,25-26,34-35H,7-15H2,1-2H3/t19?,25-,26+/m1/s1. The number of ether oxygens (including phenoxy) is 3. The van der Waals surface area contributed by atoms with Crippen LogP contribution in [0.4, 0.5) is 13.2 Å². The molecule has 6 nitrogen and oxygen atoms in total. The summed E-state index contributed by atoms with van der Waals surface area (Å²) in [5.41, 5.74) is 2.17. The Morgan fingerprint density at radius 1 is 0.895 bits per heavy atom. The zero-order valence-electron chi connectivity index (χ0n) is 21.7. The second-order valence-corrected chi connectivity index (χ2v) is 11.8. The van der Waals surface area contributed by atoms with Crippen molar-refractivity contribution in [3.8, 4) is 0 Å². The molecular weight excluding hydrogens is 499 g/mol. The van der Waals surface area contributed by atoms with Crippen LogP contribution in [0, 0.1) is 5.41 Å². The van der Waals surface area contributed by atoms with Crippen LogP contribution in [0.3, 0.4) is 0 Å². The Kier molecular flexibility index (Phi) is 6.39. The average molecular weight is 534 g/mol. The van der Waals surface area contributed by atoms with Crippen molar-refractivity contribution in [3.05, 3.63) is 63.5 Å². The molecule has 9 heteroatoms. The van der Waals surface area contributed by atoms with Gasteiger partial charge in [0.2, 0.25) is 0 Å². The van der Waals surface area contributed by atoms with E-state index < -0.39 is 41.1 Å². The summed E-state index contributed by atoms with van der Waals surface area (Å²) in [5, 5.41) is 23.0. The molecule has 0 amide bonds. The number of benzene rings is 1. The molecule has 4 aliphatic rings. The Morgan fingerprint density at radius 2 is 1.53 bits per heavy atom. The number of hydrogen-bond acceptors (Lipinski definition) is 6. The average Bonchev–Trinajstić information content (AvgIpc) is 3.21. The fourth-order valence-corrected chi connectivity index (χ4v) is 6.81. The molecule has 1 spiro atoms. The second kappa shape index (κ2) is 9.27. The summed E-state index contributed by atoms with van der Waals surface area (Å²) < 4.78 is 58.2. The lowest BCUT2D eigenvalue weighted by atomic mass is 9.68. The first-order chi connectivity index (χ1) is 18.0. The van der Waals surface area contributed by atoms with Crippen LogP contribution in [0.25, 0.3) is 0 Å². The molecule has 2 N–H and O–H groups in total. The minimum absolute atomic E-state index is 0.0488. The van der Waals surface area contributed by atoms with Gasteiger partial charge in [-0.3, -0.25) is 4.98 Å². The Bertz CT molecular complexity index is 1200. The molecule has 1 aromatic carbocycles. The van der Waals surface area contributed by atoms with Crippen LogP contribution in [0.5, 0.6) is 0 Å². The number of fused-ring (bicyclic) bond motifs is 4. The zero-order chi connectivity index (χ0) is 26.9. The number of aliphatic hydroxyl groups excluding tert-OH is 2. The Hall–Kier alpha value is -2.04. The molecule has 3 aliphatic heterocycles. The molecule has 6 rings (SSSR count). The number of rotatable bonds is 2. The molecule has 3 atom stereocenters. The van der Waals surface area contributed by atoms with Crippen LogP contribution < -0.4 is 0 Å². The quantitative estimate of drug-likeness (QED) is 0.522. The van der Waals surface area contributed by atoms with Crippen molar-refractivity contribution >= 4 is 0 Å². The smallest absolute Gasteiger partial charge is 0.388 e. The Labute approximate surface area is 220 Å². The summed E-state index contributed by atoms with van der Waals surface area (Å²) in [6, 6.07) is 5.15. The van der Waals surface area contributed by atoms with Gasteiger partial charge in [-0.1, -0.05) is 26.0 Å². The molecule has 1 aromatic heterocycles. The SMILES string of the molecule is CC1(C)CC(O)c2c(nc(C3CCOCC3)c3c2C2(CCOCC2)O[C@@H]3c2ccc(C(F)(F)F)cc2)[C@@H]1O.